The summed E-state index contributed by atoms with van der Waals surface area (Å²) >= 11 is 0. The predicted octanol–water partition coefficient (Wildman–Crippen LogP) is 8.30. The molecule has 0 spiro atoms. The Hall–Kier alpha value is -6.27. The molecule has 0 saturated carbocycles. The number of rotatable bonds is 11. The molecule has 2 aliphatic rings. The van der Waals surface area contributed by atoms with Crippen LogP contribution in [0.5, 0.6) is 0 Å². The van der Waals surface area contributed by atoms with E-state index in [1.807, 2.05) is 85.4 Å². The molecule has 2 aromatic heterocycles. The van der Waals surface area contributed by atoms with Crippen LogP contribution < -0.4 is 5.32 Å². The van der Waals surface area contributed by atoms with Crippen molar-refractivity contribution in [1.82, 2.24) is 40.0 Å². The number of likely N-dealkylation sites (N-methyl/N-ethyl adjacent to an activating group) is 1. The number of hydrogen-bond acceptors (Lipinski definition) is 7. The second kappa shape index (κ2) is 16.9. The molecule has 4 atom stereocenters. The maximum Gasteiger partial charge on any atom is 0.407 e. The van der Waals surface area contributed by atoms with Gasteiger partial charge in [-0.25, -0.2) is 14.8 Å². The van der Waals surface area contributed by atoms with E-state index in [1.54, 1.807) is 0 Å². The number of aromatic amines is 2. The highest BCUT2D eigenvalue weighted by molar-refractivity contribution is 5.91. The Bertz CT molecular complexity index is 2440. The molecule has 12 nitrogen and oxygen atoms in total. The summed E-state index contributed by atoms with van der Waals surface area (Å²) in [6.45, 7) is 5.14. The van der Waals surface area contributed by atoms with Gasteiger partial charge in [0, 0.05) is 18.7 Å². The highest BCUT2D eigenvalue weighted by Crippen LogP contribution is 2.37. The summed E-state index contributed by atoms with van der Waals surface area (Å²) in [5, 5.41) is 4.96. The summed E-state index contributed by atoms with van der Waals surface area (Å²) in [6.07, 6.45) is 6.55. The van der Waals surface area contributed by atoms with E-state index >= 15 is 0 Å². The number of H-pyrrole nitrogens is 2. The molecule has 2 fully saturated rings. The predicted molar refractivity (Wildman–Crippen MR) is 229 cm³/mol. The molecule has 3 N–H and O–H groups in total. The molecule has 12 heteroatoms. The molecular weight excluding hydrogens is 741 g/mol. The monoisotopic (exact) mass is 792 g/mol. The van der Waals surface area contributed by atoms with Gasteiger partial charge >= 0.3 is 6.09 Å². The summed E-state index contributed by atoms with van der Waals surface area (Å²) in [5.41, 5.74) is 7.05. The number of carbonyl (C=O) groups is 3. The zero-order valence-corrected chi connectivity index (χ0v) is 34.3. The Morgan fingerprint density at radius 1 is 0.712 bits per heavy atom. The first kappa shape index (κ1) is 39.6. The van der Waals surface area contributed by atoms with Crippen molar-refractivity contribution in [2.75, 3.05) is 34.3 Å². The van der Waals surface area contributed by atoms with E-state index in [4.69, 9.17) is 14.7 Å². The number of carbonyl (C=O) groups excluding carboxylic acids is 3. The topological polar surface area (TPSA) is 140 Å². The van der Waals surface area contributed by atoms with Gasteiger partial charge in [0.1, 0.15) is 23.7 Å². The van der Waals surface area contributed by atoms with Gasteiger partial charge in [-0.15, -0.1) is 0 Å². The van der Waals surface area contributed by atoms with Gasteiger partial charge in [0.25, 0.3) is 0 Å². The van der Waals surface area contributed by atoms with Crippen molar-refractivity contribution in [3.8, 4) is 33.6 Å². The van der Waals surface area contributed by atoms with Gasteiger partial charge in [-0.2, -0.15) is 0 Å². The smallest absolute Gasteiger partial charge is 0.407 e. The zero-order valence-electron chi connectivity index (χ0n) is 34.3. The lowest BCUT2D eigenvalue weighted by molar-refractivity contribution is -0.137. The lowest BCUT2D eigenvalue weighted by Gasteiger charge is -2.31. The van der Waals surface area contributed by atoms with Crippen molar-refractivity contribution in [2.24, 2.45) is 5.92 Å². The number of likely N-dealkylation sites (tertiary alicyclic amines) is 2. The third-order valence-electron chi connectivity index (χ3n) is 11.8. The van der Waals surface area contributed by atoms with Gasteiger partial charge in [-0.05, 0) is 90.9 Å². The van der Waals surface area contributed by atoms with Gasteiger partial charge in [0.2, 0.25) is 11.8 Å². The average Bonchev–Trinajstić information content (AvgIpc) is 4.09. The van der Waals surface area contributed by atoms with Crippen LogP contribution in [0.2, 0.25) is 0 Å². The van der Waals surface area contributed by atoms with E-state index < -0.39 is 12.1 Å². The van der Waals surface area contributed by atoms with Gasteiger partial charge in [0.05, 0.1) is 43.0 Å². The number of aromatic nitrogens is 4. The standard InChI is InChI=1S/C47H52N8O4/c1-29(2)41(52-47(58)59-5)45(56)54-23-9-13-39(54)43-48-27-37(50-43)31-17-15-30(16-18-31)33-19-20-35-26-36(22-21-34(35)25-33)38-28-49-44(51-38)40-14-10-24-55(40)46(57)42(53(3)4)32-11-7-6-8-12-32/h6-8,11-12,15-22,25-29,39-42H,9-10,13-14,23-24H2,1-5H3,(H,48,50)(H,49,51)(H,52,58)/t39-,40-,41?,42+/m0/s1. The third-order valence-corrected chi connectivity index (χ3v) is 11.8. The molecule has 3 amide bonds. The summed E-state index contributed by atoms with van der Waals surface area (Å²) in [5.74, 6) is 1.43. The first-order valence-corrected chi connectivity index (χ1v) is 20.5. The van der Waals surface area contributed by atoms with Gasteiger partial charge in [-0.1, -0.05) is 92.7 Å². The third kappa shape index (κ3) is 8.09. The fraction of sp³-hybridized carbons (Fsp3) is 0.340. The number of benzene rings is 4. The number of hydrogen-bond donors (Lipinski definition) is 3. The molecule has 304 valence electrons. The Labute approximate surface area is 345 Å². The maximum absolute atomic E-state index is 14.0. The first-order valence-electron chi connectivity index (χ1n) is 20.5. The van der Waals surface area contributed by atoms with E-state index in [9.17, 15) is 14.4 Å². The summed E-state index contributed by atoms with van der Waals surface area (Å²) in [6, 6.07) is 30.0. The minimum Gasteiger partial charge on any atom is -0.453 e. The molecule has 6 aromatic rings. The van der Waals surface area contributed by atoms with Crippen molar-refractivity contribution in [1.29, 1.82) is 0 Å². The fourth-order valence-corrected chi connectivity index (χ4v) is 8.70. The summed E-state index contributed by atoms with van der Waals surface area (Å²) in [4.78, 5) is 61.8. The molecule has 2 saturated heterocycles. The largest absolute Gasteiger partial charge is 0.453 e. The molecule has 4 aromatic carbocycles. The summed E-state index contributed by atoms with van der Waals surface area (Å²) < 4.78 is 4.77. The zero-order chi connectivity index (χ0) is 41.2. The first-order chi connectivity index (χ1) is 28.6. The van der Waals surface area contributed by atoms with Crippen LogP contribution in [-0.4, -0.2) is 92.9 Å². The minimum atomic E-state index is -0.679. The highest BCUT2D eigenvalue weighted by Gasteiger charge is 2.38. The number of nitrogens with one attached hydrogen (secondary N) is 3. The van der Waals surface area contributed by atoms with E-state index in [0.29, 0.717) is 13.1 Å². The van der Waals surface area contributed by atoms with Crippen molar-refractivity contribution in [2.45, 2.75) is 63.7 Å². The normalized spacial score (nSPS) is 17.8. The second-order valence-electron chi connectivity index (χ2n) is 16.2. The minimum absolute atomic E-state index is 0.0960. The van der Waals surface area contributed by atoms with Crippen LogP contribution in [0, 0.1) is 5.92 Å². The Kier molecular flexibility index (Phi) is 11.3. The van der Waals surface area contributed by atoms with Crippen LogP contribution in [0.4, 0.5) is 4.79 Å². The number of methoxy groups -OCH3 is 1. The van der Waals surface area contributed by atoms with Crippen molar-refractivity contribution in [3.63, 3.8) is 0 Å². The van der Waals surface area contributed by atoms with E-state index in [0.717, 1.165) is 87.3 Å². The SMILES string of the molecule is COC(=O)NC(C(=O)N1CCC[C@H]1c1ncc(-c2ccc(-c3ccc4cc(-c5cnc([C@@H]6CCCN6C(=O)[C@@H](c6ccccc6)N(C)C)[nH]5)ccc4c3)cc2)[nH]1)C(C)C. The lowest BCUT2D eigenvalue weighted by Crippen LogP contribution is -2.51. The molecule has 8 rings (SSSR count). The Morgan fingerprint density at radius 3 is 1.81 bits per heavy atom. The van der Waals surface area contributed by atoms with Crippen LogP contribution in [0.3, 0.4) is 0 Å². The number of nitrogens with zero attached hydrogens (tertiary/aromatic N) is 5. The van der Waals surface area contributed by atoms with E-state index in [1.165, 1.54) is 7.11 Å². The number of ether oxygens (including phenoxy) is 1. The number of imidazole rings is 2. The molecule has 59 heavy (non-hydrogen) atoms. The van der Waals surface area contributed by atoms with Gasteiger partial charge in [0.15, 0.2) is 0 Å². The Balaban J connectivity index is 0.944. The maximum atomic E-state index is 14.0. The summed E-state index contributed by atoms with van der Waals surface area (Å²) in [7, 11) is 5.21. The second-order valence-corrected chi connectivity index (χ2v) is 16.2. The number of amides is 3. The van der Waals surface area contributed by atoms with Crippen molar-refractivity contribution >= 4 is 28.7 Å². The van der Waals surface area contributed by atoms with Crippen LogP contribution in [-0.2, 0) is 14.3 Å². The van der Waals surface area contributed by atoms with Crippen LogP contribution >= 0.6 is 0 Å². The lowest BCUT2D eigenvalue weighted by atomic mass is 9.98. The fourth-order valence-electron chi connectivity index (χ4n) is 8.70. The molecular formula is C47H52N8O4. The number of fused-ring (bicyclic) bond motifs is 1. The molecule has 1 unspecified atom stereocenters. The van der Waals surface area contributed by atoms with Gasteiger partial charge in [-0.3, -0.25) is 14.5 Å². The number of alkyl carbamates (subject to hydrolysis) is 1. The average molecular weight is 793 g/mol. The van der Waals surface area contributed by atoms with E-state index in [-0.39, 0.29) is 35.9 Å². The quantitative estimate of drug-likeness (QED) is 0.120. The molecule has 0 aliphatic carbocycles. The van der Waals surface area contributed by atoms with Crippen LogP contribution in [0.15, 0.2) is 103 Å². The van der Waals surface area contributed by atoms with Crippen molar-refractivity contribution in [3.05, 3.63) is 121 Å². The molecule has 0 bridgehead atoms. The van der Waals surface area contributed by atoms with E-state index in [2.05, 4.69) is 75.9 Å². The highest BCUT2D eigenvalue weighted by atomic mass is 16.5. The van der Waals surface area contributed by atoms with Gasteiger partial charge < -0.3 is 29.8 Å². The molecule has 4 heterocycles. The Morgan fingerprint density at radius 2 is 1.24 bits per heavy atom. The van der Waals surface area contributed by atoms with Crippen LogP contribution in [0.25, 0.3) is 44.4 Å². The van der Waals surface area contributed by atoms with Crippen molar-refractivity contribution < 1.29 is 19.1 Å². The van der Waals surface area contributed by atoms with Crippen LogP contribution in [0.1, 0.15) is 74.9 Å². The molecule has 0 radical (unpaired) electrons. The molecule has 2 aliphatic heterocycles.